The van der Waals surface area contributed by atoms with Crippen LogP contribution in [0.25, 0.3) is 5.69 Å². The number of anilines is 1. The van der Waals surface area contributed by atoms with Crippen LogP contribution in [0.15, 0.2) is 30.3 Å². The van der Waals surface area contributed by atoms with Gasteiger partial charge < -0.3 is 5.73 Å². The molecule has 108 valence electrons. The van der Waals surface area contributed by atoms with Crippen molar-refractivity contribution in [3.8, 4) is 5.69 Å². The van der Waals surface area contributed by atoms with Gasteiger partial charge in [0.05, 0.1) is 11.4 Å². The van der Waals surface area contributed by atoms with E-state index < -0.39 is 0 Å². The van der Waals surface area contributed by atoms with Gasteiger partial charge in [-0.2, -0.15) is 5.10 Å². The van der Waals surface area contributed by atoms with Crippen molar-refractivity contribution in [2.75, 3.05) is 5.73 Å². The maximum absolute atomic E-state index is 6.38. The number of nitrogens with two attached hydrogens (primary N) is 1. The Kier molecular flexibility index (Phi) is 4.17. The van der Waals surface area contributed by atoms with E-state index in [1.165, 1.54) is 5.56 Å². The molecule has 1 atom stereocenters. The molecule has 3 nitrogen and oxygen atoms in total. The minimum absolute atomic E-state index is 0.378. The lowest BCUT2D eigenvalue weighted by molar-refractivity contribution is 0.514. The van der Waals surface area contributed by atoms with Gasteiger partial charge in [-0.1, -0.05) is 52.8 Å². The van der Waals surface area contributed by atoms with E-state index >= 15 is 0 Å². The van der Waals surface area contributed by atoms with Crippen molar-refractivity contribution in [1.29, 1.82) is 0 Å². The minimum Gasteiger partial charge on any atom is -0.383 e. The van der Waals surface area contributed by atoms with Crippen molar-refractivity contribution >= 4 is 5.82 Å². The molecule has 0 bridgehead atoms. The highest BCUT2D eigenvalue weighted by Crippen LogP contribution is 2.35. The van der Waals surface area contributed by atoms with Gasteiger partial charge in [-0.25, -0.2) is 4.68 Å². The van der Waals surface area contributed by atoms with Crippen LogP contribution in [0, 0.1) is 5.92 Å². The summed E-state index contributed by atoms with van der Waals surface area (Å²) in [5, 5.41) is 4.81. The summed E-state index contributed by atoms with van der Waals surface area (Å²) in [6, 6.07) is 10.1. The van der Waals surface area contributed by atoms with Crippen molar-refractivity contribution in [3.63, 3.8) is 0 Å². The van der Waals surface area contributed by atoms with Crippen molar-refractivity contribution < 1.29 is 0 Å². The number of nitrogens with zero attached hydrogens (tertiary/aromatic N) is 2. The monoisotopic (exact) mass is 271 g/mol. The Morgan fingerprint density at radius 3 is 2.10 bits per heavy atom. The summed E-state index contributed by atoms with van der Waals surface area (Å²) in [7, 11) is 0. The Morgan fingerprint density at radius 1 is 1.00 bits per heavy atom. The van der Waals surface area contributed by atoms with Gasteiger partial charge in [-0.15, -0.1) is 0 Å². The fourth-order valence-corrected chi connectivity index (χ4v) is 2.47. The zero-order valence-corrected chi connectivity index (χ0v) is 13.1. The summed E-state index contributed by atoms with van der Waals surface area (Å²) in [4.78, 5) is 0. The maximum Gasteiger partial charge on any atom is 0.130 e. The van der Waals surface area contributed by atoms with Gasteiger partial charge in [0.25, 0.3) is 0 Å². The predicted octanol–water partition coefficient (Wildman–Crippen LogP) is 4.34. The van der Waals surface area contributed by atoms with Crippen LogP contribution in [0.2, 0.25) is 0 Å². The van der Waals surface area contributed by atoms with Gasteiger partial charge in [0.1, 0.15) is 5.82 Å². The number of benzene rings is 1. The Balaban J connectivity index is 2.59. The SMILES string of the molecule is CC(C)c1c(C(C)C(C)C)nn(-c2ccccc2)c1N. The van der Waals surface area contributed by atoms with Crippen molar-refractivity contribution in [1.82, 2.24) is 9.78 Å². The van der Waals surface area contributed by atoms with Crippen LogP contribution in [-0.4, -0.2) is 9.78 Å². The standard InChI is InChI=1S/C17H25N3/c1-11(2)13(5)16-15(12(3)4)17(18)20(19-16)14-9-7-6-8-10-14/h6-13H,18H2,1-5H3. The first-order valence-electron chi connectivity index (χ1n) is 7.37. The van der Waals surface area contributed by atoms with E-state index in [0.717, 1.165) is 17.2 Å². The van der Waals surface area contributed by atoms with Crippen LogP contribution in [0.5, 0.6) is 0 Å². The Morgan fingerprint density at radius 2 is 1.60 bits per heavy atom. The number of hydrogen-bond donors (Lipinski definition) is 1. The fourth-order valence-electron chi connectivity index (χ4n) is 2.47. The zero-order chi connectivity index (χ0) is 14.9. The van der Waals surface area contributed by atoms with Crippen LogP contribution in [0.3, 0.4) is 0 Å². The molecule has 0 aliphatic carbocycles. The van der Waals surface area contributed by atoms with E-state index in [0.29, 0.717) is 17.8 Å². The smallest absolute Gasteiger partial charge is 0.130 e. The number of nitrogen functional groups attached to an aromatic ring is 1. The summed E-state index contributed by atoms with van der Waals surface area (Å²) < 4.78 is 1.88. The van der Waals surface area contributed by atoms with Crippen LogP contribution in [-0.2, 0) is 0 Å². The molecule has 1 unspecified atom stereocenters. The zero-order valence-electron chi connectivity index (χ0n) is 13.1. The highest BCUT2D eigenvalue weighted by Gasteiger charge is 2.24. The molecule has 0 aliphatic heterocycles. The molecule has 3 heteroatoms. The van der Waals surface area contributed by atoms with E-state index in [1.54, 1.807) is 0 Å². The molecule has 20 heavy (non-hydrogen) atoms. The molecule has 1 aromatic heterocycles. The first-order valence-corrected chi connectivity index (χ1v) is 7.37. The van der Waals surface area contributed by atoms with Crippen molar-refractivity contribution in [2.45, 2.75) is 46.5 Å². The van der Waals surface area contributed by atoms with Gasteiger partial charge in [0.15, 0.2) is 0 Å². The largest absolute Gasteiger partial charge is 0.383 e. The van der Waals surface area contributed by atoms with E-state index in [4.69, 9.17) is 10.8 Å². The molecule has 2 N–H and O–H groups in total. The number of para-hydroxylation sites is 1. The molecule has 0 saturated carbocycles. The molecule has 0 saturated heterocycles. The molecule has 1 heterocycles. The molecule has 1 aromatic carbocycles. The average molecular weight is 271 g/mol. The van der Waals surface area contributed by atoms with Crippen LogP contribution in [0.1, 0.15) is 57.7 Å². The third kappa shape index (κ3) is 2.58. The molecule has 0 fully saturated rings. The Bertz CT molecular complexity index is 567. The molecule has 0 radical (unpaired) electrons. The fraction of sp³-hybridized carbons (Fsp3) is 0.471. The molecular formula is C17H25N3. The number of aromatic nitrogens is 2. The second-order valence-electron chi connectivity index (χ2n) is 6.12. The van der Waals surface area contributed by atoms with Gasteiger partial charge in [0, 0.05) is 11.5 Å². The summed E-state index contributed by atoms with van der Waals surface area (Å²) in [6.45, 7) is 11.0. The van der Waals surface area contributed by atoms with E-state index in [2.05, 4.69) is 34.6 Å². The molecule has 2 aromatic rings. The first-order chi connectivity index (χ1) is 9.43. The van der Waals surface area contributed by atoms with Crippen LogP contribution >= 0.6 is 0 Å². The lowest BCUT2D eigenvalue weighted by Crippen LogP contribution is -2.07. The topological polar surface area (TPSA) is 43.8 Å². The van der Waals surface area contributed by atoms with Gasteiger partial charge in [-0.05, 0) is 24.0 Å². The predicted molar refractivity (Wildman–Crippen MR) is 85.3 cm³/mol. The molecular weight excluding hydrogens is 246 g/mol. The molecule has 0 aliphatic rings. The second kappa shape index (κ2) is 5.70. The minimum atomic E-state index is 0.378. The maximum atomic E-state index is 6.38. The molecule has 0 spiro atoms. The highest BCUT2D eigenvalue weighted by atomic mass is 15.3. The van der Waals surface area contributed by atoms with Gasteiger partial charge in [0.2, 0.25) is 0 Å². The third-order valence-corrected chi connectivity index (χ3v) is 4.00. The Labute approximate surface area is 121 Å². The molecule has 0 amide bonds. The Hall–Kier alpha value is -1.77. The number of rotatable bonds is 4. The van der Waals surface area contributed by atoms with E-state index in [9.17, 15) is 0 Å². The van der Waals surface area contributed by atoms with E-state index in [-0.39, 0.29) is 0 Å². The van der Waals surface area contributed by atoms with Crippen LogP contribution < -0.4 is 5.73 Å². The normalized spacial score (nSPS) is 13.2. The second-order valence-corrected chi connectivity index (χ2v) is 6.12. The molecule has 2 rings (SSSR count). The van der Waals surface area contributed by atoms with Crippen molar-refractivity contribution in [3.05, 3.63) is 41.6 Å². The summed E-state index contributed by atoms with van der Waals surface area (Å²) >= 11 is 0. The summed E-state index contributed by atoms with van der Waals surface area (Å²) in [5.41, 5.74) is 9.72. The summed E-state index contributed by atoms with van der Waals surface area (Å²) in [5.74, 6) is 2.10. The summed E-state index contributed by atoms with van der Waals surface area (Å²) in [6.07, 6.45) is 0. The quantitative estimate of drug-likeness (QED) is 0.899. The van der Waals surface area contributed by atoms with Gasteiger partial charge in [-0.3, -0.25) is 0 Å². The number of hydrogen-bond acceptors (Lipinski definition) is 2. The highest BCUT2D eigenvalue weighted by molar-refractivity contribution is 5.52. The van der Waals surface area contributed by atoms with Gasteiger partial charge >= 0.3 is 0 Å². The lowest BCUT2D eigenvalue weighted by Gasteiger charge is -2.16. The third-order valence-electron chi connectivity index (χ3n) is 4.00. The van der Waals surface area contributed by atoms with E-state index in [1.807, 2.05) is 35.0 Å². The van der Waals surface area contributed by atoms with Crippen LogP contribution in [0.4, 0.5) is 5.82 Å². The lowest BCUT2D eigenvalue weighted by atomic mass is 9.89. The van der Waals surface area contributed by atoms with Crippen molar-refractivity contribution in [2.24, 2.45) is 5.92 Å². The average Bonchev–Trinajstić information content (AvgIpc) is 2.76. The first kappa shape index (κ1) is 14.6.